The van der Waals surface area contributed by atoms with Crippen LogP contribution in [0.4, 0.5) is 5.82 Å². The Kier molecular flexibility index (Phi) is 4.95. The summed E-state index contributed by atoms with van der Waals surface area (Å²) in [5.74, 6) is 2.46. The van der Waals surface area contributed by atoms with E-state index >= 15 is 0 Å². The van der Waals surface area contributed by atoms with Crippen LogP contribution < -0.4 is 4.90 Å². The van der Waals surface area contributed by atoms with E-state index in [9.17, 15) is 0 Å². The van der Waals surface area contributed by atoms with Crippen molar-refractivity contribution in [2.75, 3.05) is 31.2 Å². The van der Waals surface area contributed by atoms with Gasteiger partial charge in [-0.3, -0.25) is 0 Å². The van der Waals surface area contributed by atoms with Gasteiger partial charge in [-0.15, -0.1) is 0 Å². The number of thiophene rings is 1. The number of benzene rings is 1. The molecule has 4 nitrogen and oxygen atoms in total. The van der Waals surface area contributed by atoms with Crippen LogP contribution in [0.3, 0.4) is 0 Å². The fourth-order valence-corrected chi connectivity index (χ4v) is 4.13. The predicted molar refractivity (Wildman–Crippen MR) is 104 cm³/mol. The number of aromatic nitrogens is 2. The smallest absolute Gasteiger partial charge is 0.162 e. The van der Waals surface area contributed by atoms with Crippen molar-refractivity contribution in [2.45, 2.75) is 19.8 Å². The quantitative estimate of drug-likeness (QED) is 0.671. The molecular weight excluding hydrogens is 330 g/mol. The molecule has 2 aromatic heterocycles. The summed E-state index contributed by atoms with van der Waals surface area (Å²) in [5, 5.41) is 5.33. The van der Waals surface area contributed by atoms with E-state index in [0.29, 0.717) is 5.92 Å². The van der Waals surface area contributed by atoms with E-state index in [0.717, 1.165) is 54.4 Å². The Morgan fingerprint density at radius 3 is 3.00 bits per heavy atom. The molecule has 0 radical (unpaired) electrons. The lowest BCUT2D eigenvalue weighted by Gasteiger charge is -2.34. The molecule has 0 aliphatic carbocycles. The SMILES string of the molecule is CCOCC1CCCN(c2nc(-c3ccsc3)nc3ccccc23)C1. The molecule has 3 aromatic rings. The molecule has 1 fully saturated rings. The number of piperidine rings is 1. The van der Waals surface area contributed by atoms with Crippen molar-refractivity contribution in [1.82, 2.24) is 9.97 Å². The van der Waals surface area contributed by atoms with Crippen molar-refractivity contribution < 1.29 is 4.74 Å². The first-order valence-electron chi connectivity index (χ1n) is 8.97. The van der Waals surface area contributed by atoms with Crippen LogP contribution in [0.1, 0.15) is 19.8 Å². The maximum atomic E-state index is 5.67. The molecule has 1 unspecified atom stereocenters. The summed E-state index contributed by atoms with van der Waals surface area (Å²) >= 11 is 1.68. The van der Waals surface area contributed by atoms with E-state index in [1.165, 1.54) is 12.8 Å². The molecule has 5 heteroatoms. The summed E-state index contributed by atoms with van der Waals surface area (Å²) in [6.07, 6.45) is 2.42. The minimum atomic E-state index is 0.576. The number of anilines is 1. The highest BCUT2D eigenvalue weighted by Gasteiger charge is 2.23. The maximum Gasteiger partial charge on any atom is 0.162 e. The van der Waals surface area contributed by atoms with Crippen LogP contribution >= 0.6 is 11.3 Å². The number of hydrogen-bond donors (Lipinski definition) is 0. The third kappa shape index (κ3) is 3.53. The number of hydrogen-bond acceptors (Lipinski definition) is 5. The number of rotatable bonds is 5. The van der Waals surface area contributed by atoms with Crippen LogP contribution in [0.25, 0.3) is 22.3 Å². The lowest BCUT2D eigenvalue weighted by atomic mass is 9.98. The zero-order chi connectivity index (χ0) is 17.1. The lowest BCUT2D eigenvalue weighted by molar-refractivity contribution is 0.104. The highest BCUT2D eigenvalue weighted by Crippen LogP contribution is 2.31. The summed E-state index contributed by atoms with van der Waals surface area (Å²) in [5.41, 5.74) is 2.11. The molecule has 1 aliphatic heterocycles. The van der Waals surface area contributed by atoms with Gasteiger partial charge in [-0.05, 0) is 49.3 Å². The Morgan fingerprint density at radius 1 is 1.24 bits per heavy atom. The van der Waals surface area contributed by atoms with E-state index in [4.69, 9.17) is 14.7 Å². The first-order chi connectivity index (χ1) is 12.3. The van der Waals surface area contributed by atoms with Gasteiger partial charge in [0.2, 0.25) is 0 Å². The second kappa shape index (κ2) is 7.50. The highest BCUT2D eigenvalue weighted by molar-refractivity contribution is 7.08. The van der Waals surface area contributed by atoms with E-state index in [2.05, 4.69) is 46.8 Å². The summed E-state index contributed by atoms with van der Waals surface area (Å²) in [4.78, 5) is 12.2. The van der Waals surface area contributed by atoms with Crippen molar-refractivity contribution in [1.29, 1.82) is 0 Å². The van der Waals surface area contributed by atoms with Crippen molar-refractivity contribution in [2.24, 2.45) is 5.92 Å². The monoisotopic (exact) mass is 353 g/mol. The topological polar surface area (TPSA) is 38.2 Å². The maximum absolute atomic E-state index is 5.67. The molecule has 25 heavy (non-hydrogen) atoms. The first-order valence-corrected chi connectivity index (χ1v) is 9.91. The molecule has 0 spiro atoms. The summed E-state index contributed by atoms with van der Waals surface area (Å²) in [6.45, 7) is 5.74. The van der Waals surface area contributed by atoms with Gasteiger partial charge in [-0.25, -0.2) is 9.97 Å². The Balaban J connectivity index is 1.72. The Labute approximate surface area is 152 Å². The lowest BCUT2D eigenvalue weighted by Crippen LogP contribution is -2.38. The van der Waals surface area contributed by atoms with Crippen LogP contribution in [0.2, 0.25) is 0 Å². The molecule has 0 amide bonds. The minimum absolute atomic E-state index is 0.576. The Hall–Kier alpha value is -1.98. The molecular formula is C20H23N3OS. The van der Waals surface area contributed by atoms with Gasteiger partial charge in [0.15, 0.2) is 5.82 Å². The second-order valence-corrected chi connectivity index (χ2v) is 7.29. The van der Waals surface area contributed by atoms with Gasteiger partial charge >= 0.3 is 0 Å². The fraction of sp³-hybridized carbons (Fsp3) is 0.400. The van der Waals surface area contributed by atoms with Crippen LogP contribution in [0.5, 0.6) is 0 Å². The van der Waals surface area contributed by atoms with Gasteiger partial charge in [-0.1, -0.05) is 12.1 Å². The molecule has 130 valence electrons. The number of ether oxygens (including phenoxy) is 1. The molecule has 1 aromatic carbocycles. The molecule has 0 saturated carbocycles. The zero-order valence-corrected chi connectivity index (χ0v) is 15.3. The van der Waals surface area contributed by atoms with E-state index in [1.54, 1.807) is 11.3 Å². The fourth-order valence-electron chi connectivity index (χ4n) is 3.50. The minimum Gasteiger partial charge on any atom is -0.381 e. The van der Waals surface area contributed by atoms with Crippen LogP contribution in [-0.4, -0.2) is 36.3 Å². The third-order valence-corrected chi connectivity index (χ3v) is 5.42. The van der Waals surface area contributed by atoms with Crippen molar-refractivity contribution in [3.63, 3.8) is 0 Å². The molecule has 0 N–H and O–H groups in total. The van der Waals surface area contributed by atoms with Gasteiger partial charge in [0, 0.05) is 36.0 Å². The van der Waals surface area contributed by atoms with Crippen molar-refractivity contribution in [3.8, 4) is 11.4 Å². The molecule has 1 saturated heterocycles. The van der Waals surface area contributed by atoms with Crippen molar-refractivity contribution >= 4 is 28.1 Å². The number of nitrogens with zero attached hydrogens (tertiary/aromatic N) is 3. The normalized spacial score (nSPS) is 18.0. The number of para-hydroxylation sites is 1. The molecule has 0 bridgehead atoms. The molecule has 1 aliphatic rings. The van der Waals surface area contributed by atoms with Crippen LogP contribution in [0, 0.1) is 5.92 Å². The summed E-state index contributed by atoms with van der Waals surface area (Å²) < 4.78 is 5.67. The van der Waals surface area contributed by atoms with E-state index in [1.807, 2.05) is 6.07 Å². The third-order valence-electron chi connectivity index (χ3n) is 4.74. The van der Waals surface area contributed by atoms with E-state index < -0.39 is 0 Å². The standard InChI is InChI=1S/C20H23N3OS/c1-2-24-13-15-6-5-10-23(12-15)20-17-7-3-4-8-18(17)21-19(22-20)16-9-11-25-14-16/h3-4,7-9,11,14-15H,2,5-6,10,12-13H2,1H3. The highest BCUT2D eigenvalue weighted by atomic mass is 32.1. The van der Waals surface area contributed by atoms with Gasteiger partial charge in [0.25, 0.3) is 0 Å². The largest absolute Gasteiger partial charge is 0.381 e. The molecule has 1 atom stereocenters. The van der Waals surface area contributed by atoms with E-state index in [-0.39, 0.29) is 0 Å². The van der Waals surface area contributed by atoms with Gasteiger partial charge in [0.1, 0.15) is 5.82 Å². The Bertz CT molecular complexity index is 834. The van der Waals surface area contributed by atoms with Gasteiger partial charge in [0.05, 0.1) is 12.1 Å². The Morgan fingerprint density at radius 2 is 2.16 bits per heavy atom. The molecule has 4 rings (SSSR count). The van der Waals surface area contributed by atoms with Crippen molar-refractivity contribution in [3.05, 3.63) is 41.1 Å². The zero-order valence-electron chi connectivity index (χ0n) is 14.5. The average Bonchev–Trinajstić information content (AvgIpc) is 3.20. The summed E-state index contributed by atoms with van der Waals surface area (Å²) in [7, 11) is 0. The van der Waals surface area contributed by atoms with Gasteiger partial charge in [-0.2, -0.15) is 11.3 Å². The number of fused-ring (bicyclic) bond motifs is 1. The summed E-state index contributed by atoms with van der Waals surface area (Å²) in [6, 6.07) is 10.4. The van der Waals surface area contributed by atoms with Crippen LogP contribution in [-0.2, 0) is 4.74 Å². The molecule has 3 heterocycles. The van der Waals surface area contributed by atoms with Gasteiger partial charge < -0.3 is 9.64 Å². The predicted octanol–water partition coefficient (Wildman–Crippen LogP) is 4.61. The second-order valence-electron chi connectivity index (χ2n) is 6.51. The average molecular weight is 353 g/mol. The van der Waals surface area contributed by atoms with Crippen LogP contribution in [0.15, 0.2) is 41.1 Å². The first kappa shape index (κ1) is 16.5.